The molecule has 0 bridgehead atoms. The van der Waals surface area contributed by atoms with Crippen molar-refractivity contribution in [2.75, 3.05) is 6.61 Å². The highest BCUT2D eigenvalue weighted by Crippen LogP contribution is 2.23. The summed E-state index contributed by atoms with van der Waals surface area (Å²) in [6, 6.07) is 3.74. The number of aliphatic hydroxyl groups is 3. The van der Waals surface area contributed by atoms with Crippen molar-refractivity contribution in [2.45, 2.75) is 37.4 Å². The van der Waals surface area contributed by atoms with Crippen molar-refractivity contribution in [1.29, 1.82) is 0 Å². The van der Waals surface area contributed by atoms with E-state index >= 15 is 0 Å². The first-order valence-electron chi connectivity index (χ1n) is 8.00. The van der Waals surface area contributed by atoms with E-state index in [9.17, 15) is 29.3 Å². The largest absolute Gasteiger partial charge is 0.491 e. The molecule has 5 atom stereocenters. The first kappa shape index (κ1) is 20.6. The van der Waals surface area contributed by atoms with Crippen molar-refractivity contribution in [1.82, 2.24) is 5.32 Å². The van der Waals surface area contributed by atoms with Gasteiger partial charge in [-0.05, 0) is 30.3 Å². The number of carboxylic acids is 1. The maximum Gasteiger partial charge on any atom is 0.370 e. The molecule has 1 aliphatic rings. The fourth-order valence-electron chi connectivity index (χ4n) is 2.55. The van der Waals surface area contributed by atoms with Crippen LogP contribution in [0.2, 0.25) is 0 Å². The number of benzene rings is 1. The number of carbonyl (C=O) groups excluding carboxylic acids is 1. The number of halogens is 1. The number of rotatable bonds is 7. The molecule has 0 spiro atoms. The molecule has 1 aromatic rings. The van der Waals surface area contributed by atoms with Crippen LogP contribution in [0, 0.1) is 5.82 Å². The molecular formula is C17H20FNO8. The van der Waals surface area contributed by atoms with Crippen LogP contribution in [0.4, 0.5) is 4.39 Å². The first-order chi connectivity index (χ1) is 12.7. The number of carboxylic acid groups (broad SMARTS) is 1. The summed E-state index contributed by atoms with van der Waals surface area (Å²) < 4.78 is 23.3. The molecule has 1 amide bonds. The summed E-state index contributed by atoms with van der Waals surface area (Å²) in [5.74, 6) is -2.90. The average Bonchev–Trinajstić information content (AvgIpc) is 2.61. The fraction of sp³-hybridized carbons (Fsp3) is 0.412. The monoisotopic (exact) mass is 385 g/mol. The van der Waals surface area contributed by atoms with E-state index in [1.807, 2.05) is 0 Å². The van der Waals surface area contributed by atoms with Crippen LogP contribution < -0.4 is 10.1 Å². The number of nitrogens with one attached hydrogen (secondary N) is 1. The number of aliphatic hydroxyl groups excluding tert-OH is 3. The molecule has 1 aliphatic heterocycles. The van der Waals surface area contributed by atoms with Crippen LogP contribution in [-0.4, -0.2) is 69.4 Å². The zero-order valence-electron chi connectivity index (χ0n) is 14.3. The molecule has 148 valence electrons. The Morgan fingerprint density at radius 1 is 1.30 bits per heavy atom. The van der Waals surface area contributed by atoms with E-state index in [2.05, 4.69) is 5.32 Å². The van der Waals surface area contributed by atoms with Gasteiger partial charge in [-0.1, -0.05) is 0 Å². The van der Waals surface area contributed by atoms with Gasteiger partial charge in [-0.3, -0.25) is 4.79 Å². The number of carbonyl (C=O) groups is 2. The van der Waals surface area contributed by atoms with Crippen LogP contribution in [-0.2, 0) is 14.3 Å². The summed E-state index contributed by atoms with van der Waals surface area (Å²) in [7, 11) is 0. The summed E-state index contributed by atoms with van der Waals surface area (Å²) in [6.45, 7) is 0.738. The lowest BCUT2D eigenvalue weighted by Gasteiger charge is -2.38. The van der Waals surface area contributed by atoms with Crippen LogP contribution in [0.25, 0.3) is 0 Å². The number of hydrogen-bond acceptors (Lipinski definition) is 7. The van der Waals surface area contributed by atoms with Crippen molar-refractivity contribution in [2.24, 2.45) is 0 Å². The van der Waals surface area contributed by atoms with Crippen LogP contribution >= 0.6 is 0 Å². The van der Waals surface area contributed by atoms with Gasteiger partial charge in [-0.2, -0.15) is 0 Å². The zero-order valence-corrected chi connectivity index (χ0v) is 14.3. The highest BCUT2D eigenvalue weighted by molar-refractivity contribution is 5.84. The molecule has 0 saturated carbocycles. The lowest BCUT2D eigenvalue weighted by Crippen LogP contribution is -2.60. The molecule has 10 heteroatoms. The Morgan fingerprint density at radius 3 is 2.48 bits per heavy atom. The van der Waals surface area contributed by atoms with Crippen LogP contribution in [0.15, 0.2) is 36.1 Å². The molecule has 2 rings (SSSR count). The molecule has 27 heavy (non-hydrogen) atoms. The smallest absolute Gasteiger partial charge is 0.370 e. The van der Waals surface area contributed by atoms with Gasteiger partial charge in [0.15, 0.2) is 6.10 Å². The van der Waals surface area contributed by atoms with E-state index in [0.29, 0.717) is 0 Å². The van der Waals surface area contributed by atoms with Gasteiger partial charge in [0, 0.05) is 6.92 Å². The molecule has 1 heterocycles. The van der Waals surface area contributed by atoms with Crippen LogP contribution in [0.3, 0.4) is 0 Å². The highest BCUT2D eigenvalue weighted by Gasteiger charge is 2.43. The number of ether oxygens (including phenoxy) is 2. The van der Waals surface area contributed by atoms with Crippen LogP contribution in [0.5, 0.6) is 5.75 Å². The van der Waals surface area contributed by atoms with Crippen molar-refractivity contribution in [3.05, 3.63) is 41.9 Å². The fourth-order valence-corrected chi connectivity index (χ4v) is 2.55. The molecule has 0 fully saturated rings. The van der Waals surface area contributed by atoms with Gasteiger partial charge in [0.1, 0.15) is 36.5 Å². The second kappa shape index (κ2) is 8.80. The molecular weight excluding hydrogens is 365 g/mol. The van der Waals surface area contributed by atoms with Gasteiger partial charge < -0.3 is 35.2 Å². The highest BCUT2D eigenvalue weighted by atomic mass is 19.1. The predicted octanol–water partition coefficient (Wildman–Crippen LogP) is -0.841. The van der Waals surface area contributed by atoms with E-state index < -0.39 is 60.5 Å². The molecule has 9 nitrogen and oxygen atoms in total. The number of aliphatic carboxylic acids is 1. The minimum absolute atomic E-state index is 0.233. The van der Waals surface area contributed by atoms with Crippen molar-refractivity contribution in [3.63, 3.8) is 0 Å². The van der Waals surface area contributed by atoms with Gasteiger partial charge in [-0.25, -0.2) is 9.18 Å². The predicted molar refractivity (Wildman–Crippen MR) is 88.1 cm³/mol. The Bertz CT molecular complexity index is 707. The molecule has 0 unspecified atom stereocenters. The topological polar surface area (TPSA) is 146 Å². The Balaban J connectivity index is 2.10. The summed E-state index contributed by atoms with van der Waals surface area (Å²) in [6.07, 6.45) is -5.30. The Morgan fingerprint density at radius 2 is 1.93 bits per heavy atom. The van der Waals surface area contributed by atoms with Gasteiger partial charge in [0.25, 0.3) is 0 Å². The van der Waals surface area contributed by atoms with E-state index in [-0.39, 0.29) is 5.75 Å². The molecule has 0 saturated heterocycles. The molecule has 5 N–H and O–H groups in total. The normalized spacial score (nSPS) is 24.2. The quantitative estimate of drug-likeness (QED) is 0.408. The second-order valence-corrected chi connectivity index (χ2v) is 5.96. The maximum absolute atomic E-state index is 12.9. The lowest BCUT2D eigenvalue weighted by atomic mass is 9.94. The lowest BCUT2D eigenvalue weighted by molar-refractivity contribution is -0.149. The first-order valence-corrected chi connectivity index (χ1v) is 8.00. The average molecular weight is 385 g/mol. The Labute approximate surface area is 153 Å². The van der Waals surface area contributed by atoms with Crippen LogP contribution in [0.1, 0.15) is 6.92 Å². The number of hydrogen-bond donors (Lipinski definition) is 5. The second-order valence-electron chi connectivity index (χ2n) is 5.96. The minimum atomic E-state index is -1.71. The third-order valence-electron chi connectivity index (χ3n) is 3.85. The summed E-state index contributed by atoms with van der Waals surface area (Å²) in [5.41, 5.74) is 0. The molecule has 1 aromatic carbocycles. The van der Waals surface area contributed by atoms with Gasteiger partial charge in [0.05, 0.1) is 6.04 Å². The SMILES string of the molecule is CC(=O)N[C@H]1[C@H]([C@H](O)[C@H](O)COc2ccc(F)cc2)OC(C(=O)O)=C[C@@H]1O. The third kappa shape index (κ3) is 5.39. The van der Waals surface area contributed by atoms with E-state index in [1.165, 1.54) is 19.1 Å². The Hall–Kier alpha value is -2.69. The Kier molecular flexibility index (Phi) is 6.72. The van der Waals surface area contributed by atoms with E-state index in [1.54, 1.807) is 0 Å². The molecule has 0 radical (unpaired) electrons. The molecule has 0 aliphatic carbocycles. The summed E-state index contributed by atoms with van der Waals surface area (Å²) in [4.78, 5) is 22.4. The summed E-state index contributed by atoms with van der Waals surface area (Å²) in [5, 5.41) is 42.0. The standard InChI is InChI=1S/C17H20FNO8/c1-8(20)19-14-11(21)6-13(17(24)25)27-16(14)15(23)12(22)7-26-10-4-2-9(18)3-5-10/h2-6,11-12,14-16,21-23H,7H2,1H3,(H,19,20)(H,24,25)/t11-,12+,14+,15+,16+/m0/s1. The van der Waals surface area contributed by atoms with Crippen molar-refractivity contribution < 1.29 is 43.9 Å². The van der Waals surface area contributed by atoms with Gasteiger partial charge >= 0.3 is 5.97 Å². The van der Waals surface area contributed by atoms with E-state index in [0.717, 1.165) is 18.2 Å². The van der Waals surface area contributed by atoms with Gasteiger partial charge in [-0.15, -0.1) is 0 Å². The van der Waals surface area contributed by atoms with E-state index in [4.69, 9.17) is 14.6 Å². The summed E-state index contributed by atoms with van der Waals surface area (Å²) >= 11 is 0. The van der Waals surface area contributed by atoms with Crippen molar-refractivity contribution in [3.8, 4) is 5.75 Å². The van der Waals surface area contributed by atoms with Gasteiger partial charge in [0.2, 0.25) is 11.7 Å². The zero-order chi connectivity index (χ0) is 20.1. The minimum Gasteiger partial charge on any atom is -0.491 e. The maximum atomic E-state index is 12.9. The molecule has 0 aromatic heterocycles. The number of amides is 1. The van der Waals surface area contributed by atoms with Crippen molar-refractivity contribution >= 4 is 11.9 Å². The third-order valence-corrected chi connectivity index (χ3v) is 3.85.